The molecule has 0 aliphatic rings. The van der Waals surface area contributed by atoms with Gasteiger partial charge in [-0.1, -0.05) is 17.7 Å². The van der Waals surface area contributed by atoms with Crippen molar-refractivity contribution >= 4 is 35.8 Å². The van der Waals surface area contributed by atoms with Gasteiger partial charge in [0.25, 0.3) is 5.91 Å². The maximum Gasteiger partial charge on any atom is 0.257 e. The van der Waals surface area contributed by atoms with Crippen molar-refractivity contribution in [2.45, 2.75) is 4.90 Å². The van der Waals surface area contributed by atoms with E-state index in [-0.39, 0.29) is 5.91 Å². The van der Waals surface area contributed by atoms with Gasteiger partial charge in [-0.3, -0.25) is 4.79 Å². The van der Waals surface area contributed by atoms with Crippen LogP contribution in [0.1, 0.15) is 10.4 Å². The lowest BCUT2D eigenvalue weighted by Gasteiger charge is -2.08. The van der Waals surface area contributed by atoms with E-state index in [2.05, 4.69) is 17.9 Å². The fraction of sp³-hybridized carbons (Fsp3) is 0.0714. The van der Waals surface area contributed by atoms with E-state index in [0.717, 1.165) is 0 Å². The van der Waals surface area contributed by atoms with Crippen LogP contribution in [0, 0.1) is 0 Å². The normalized spacial score (nSPS) is 10.1. The van der Waals surface area contributed by atoms with Crippen LogP contribution in [-0.4, -0.2) is 13.0 Å². The van der Waals surface area contributed by atoms with Gasteiger partial charge in [0.1, 0.15) is 5.75 Å². The van der Waals surface area contributed by atoms with Gasteiger partial charge >= 0.3 is 0 Å². The molecule has 0 aliphatic carbocycles. The average Bonchev–Trinajstić information content (AvgIpc) is 2.41. The number of ether oxygens (including phenoxy) is 1. The second-order valence-corrected chi connectivity index (χ2v) is 4.77. The van der Waals surface area contributed by atoms with E-state index in [9.17, 15) is 4.79 Å². The number of halogens is 1. The summed E-state index contributed by atoms with van der Waals surface area (Å²) < 4.78 is 5.10. The minimum absolute atomic E-state index is 0.283. The summed E-state index contributed by atoms with van der Waals surface area (Å²) in [6.07, 6.45) is 0. The zero-order valence-corrected chi connectivity index (χ0v) is 11.8. The van der Waals surface area contributed by atoms with Gasteiger partial charge in [0.05, 0.1) is 17.7 Å². The number of methoxy groups -OCH3 is 1. The van der Waals surface area contributed by atoms with E-state index in [4.69, 9.17) is 16.3 Å². The molecule has 19 heavy (non-hydrogen) atoms. The zero-order valence-electron chi connectivity index (χ0n) is 10.2. The molecule has 2 aromatic carbocycles. The molecule has 1 N–H and O–H groups in total. The molecule has 0 heterocycles. The van der Waals surface area contributed by atoms with E-state index in [1.807, 2.05) is 0 Å². The van der Waals surface area contributed by atoms with Gasteiger partial charge in [-0.25, -0.2) is 0 Å². The summed E-state index contributed by atoms with van der Waals surface area (Å²) in [7, 11) is 1.57. The largest absolute Gasteiger partial charge is 0.497 e. The molecule has 0 spiro atoms. The Morgan fingerprint density at radius 3 is 2.79 bits per heavy atom. The van der Waals surface area contributed by atoms with Crippen molar-refractivity contribution in [1.29, 1.82) is 0 Å². The molecule has 0 aromatic heterocycles. The zero-order chi connectivity index (χ0) is 13.8. The fourth-order valence-corrected chi connectivity index (χ4v) is 1.99. The summed E-state index contributed by atoms with van der Waals surface area (Å²) >= 11 is 10.2. The van der Waals surface area contributed by atoms with Crippen molar-refractivity contribution in [2.75, 3.05) is 12.4 Å². The maximum atomic E-state index is 12.1. The van der Waals surface area contributed by atoms with E-state index < -0.39 is 0 Å². The van der Waals surface area contributed by atoms with Gasteiger partial charge < -0.3 is 10.1 Å². The van der Waals surface area contributed by atoms with Gasteiger partial charge in [0.2, 0.25) is 0 Å². The number of hydrogen-bond acceptors (Lipinski definition) is 3. The smallest absolute Gasteiger partial charge is 0.257 e. The molecule has 0 fully saturated rings. The third-order valence-electron chi connectivity index (χ3n) is 2.52. The van der Waals surface area contributed by atoms with Crippen molar-refractivity contribution < 1.29 is 9.53 Å². The summed E-state index contributed by atoms with van der Waals surface area (Å²) in [5, 5.41) is 3.15. The van der Waals surface area contributed by atoms with Gasteiger partial charge in [-0.15, -0.1) is 12.6 Å². The first-order valence-corrected chi connectivity index (χ1v) is 6.36. The van der Waals surface area contributed by atoms with Gasteiger partial charge in [-0.05, 0) is 30.3 Å². The standard InChI is InChI=1S/C14H12ClNO2S/c1-18-10-4-2-3-9(7-10)16-14(17)12-8-11(19)5-6-13(12)15/h2-8,19H,1H3,(H,16,17). The molecule has 0 radical (unpaired) electrons. The molecule has 0 bridgehead atoms. The van der Waals surface area contributed by atoms with Crippen molar-refractivity contribution in [1.82, 2.24) is 0 Å². The Morgan fingerprint density at radius 1 is 1.26 bits per heavy atom. The molecule has 2 rings (SSSR count). The summed E-state index contributed by atoms with van der Waals surface area (Å²) in [4.78, 5) is 12.8. The first-order chi connectivity index (χ1) is 9.10. The van der Waals surface area contributed by atoms with Crippen LogP contribution in [0.25, 0.3) is 0 Å². The predicted molar refractivity (Wildman–Crippen MR) is 79.7 cm³/mol. The number of anilines is 1. The van der Waals surface area contributed by atoms with E-state index in [0.29, 0.717) is 26.9 Å². The third kappa shape index (κ3) is 3.43. The minimum Gasteiger partial charge on any atom is -0.497 e. The topological polar surface area (TPSA) is 38.3 Å². The lowest BCUT2D eigenvalue weighted by molar-refractivity contribution is 0.102. The average molecular weight is 294 g/mol. The molecule has 0 saturated heterocycles. The Balaban J connectivity index is 2.23. The Labute approximate surface area is 122 Å². The molecule has 3 nitrogen and oxygen atoms in total. The molecule has 1 amide bonds. The number of thiol groups is 1. The summed E-state index contributed by atoms with van der Waals surface area (Å²) in [5.41, 5.74) is 1.03. The monoisotopic (exact) mass is 293 g/mol. The Kier molecular flexibility index (Phi) is 4.35. The number of benzene rings is 2. The van der Waals surface area contributed by atoms with E-state index >= 15 is 0 Å². The molecular weight excluding hydrogens is 282 g/mol. The quantitative estimate of drug-likeness (QED) is 0.843. The molecular formula is C14H12ClNO2S. The van der Waals surface area contributed by atoms with Crippen molar-refractivity contribution in [3.8, 4) is 5.75 Å². The first kappa shape index (κ1) is 13.8. The second kappa shape index (κ2) is 5.99. The van der Waals surface area contributed by atoms with Crippen LogP contribution in [0.4, 0.5) is 5.69 Å². The lowest BCUT2D eigenvalue weighted by Crippen LogP contribution is -2.12. The van der Waals surface area contributed by atoms with Gasteiger partial charge in [-0.2, -0.15) is 0 Å². The maximum absolute atomic E-state index is 12.1. The van der Waals surface area contributed by atoms with Crippen molar-refractivity contribution in [3.05, 3.63) is 53.1 Å². The number of amides is 1. The first-order valence-electron chi connectivity index (χ1n) is 5.54. The number of hydrogen-bond donors (Lipinski definition) is 2. The number of carbonyl (C=O) groups is 1. The molecule has 5 heteroatoms. The van der Waals surface area contributed by atoms with Crippen LogP contribution >= 0.6 is 24.2 Å². The van der Waals surface area contributed by atoms with Crippen LogP contribution < -0.4 is 10.1 Å². The highest BCUT2D eigenvalue weighted by Gasteiger charge is 2.11. The number of rotatable bonds is 3. The summed E-state index contributed by atoms with van der Waals surface area (Å²) in [6.45, 7) is 0. The molecule has 0 unspecified atom stereocenters. The van der Waals surface area contributed by atoms with Crippen LogP contribution in [0.2, 0.25) is 5.02 Å². The van der Waals surface area contributed by atoms with Crippen molar-refractivity contribution in [3.63, 3.8) is 0 Å². The third-order valence-corrected chi connectivity index (χ3v) is 3.13. The number of carbonyl (C=O) groups excluding carboxylic acids is 1. The Bertz CT molecular complexity index is 616. The van der Waals surface area contributed by atoms with Gasteiger partial charge in [0, 0.05) is 16.6 Å². The van der Waals surface area contributed by atoms with Crippen LogP contribution in [0.5, 0.6) is 5.75 Å². The van der Waals surface area contributed by atoms with Crippen LogP contribution in [-0.2, 0) is 0 Å². The molecule has 0 atom stereocenters. The minimum atomic E-state index is -0.283. The van der Waals surface area contributed by atoms with Crippen LogP contribution in [0.15, 0.2) is 47.4 Å². The SMILES string of the molecule is COc1cccc(NC(=O)c2cc(S)ccc2Cl)c1. The molecule has 0 aliphatic heterocycles. The highest BCUT2D eigenvalue weighted by atomic mass is 35.5. The van der Waals surface area contributed by atoms with E-state index in [1.54, 1.807) is 49.6 Å². The lowest BCUT2D eigenvalue weighted by atomic mass is 10.2. The van der Waals surface area contributed by atoms with E-state index in [1.165, 1.54) is 0 Å². The fourth-order valence-electron chi connectivity index (χ4n) is 1.59. The highest BCUT2D eigenvalue weighted by molar-refractivity contribution is 7.80. The van der Waals surface area contributed by atoms with Crippen LogP contribution in [0.3, 0.4) is 0 Å². The Hall–Kier alpha value is -1.65. The summed E-state index contributed by atoms with van der Waals surface area (Å²) in [5.74, 6) is 0.390. The second-order valence-electron chi connectivity index (χ2n) is 3.85. The van der Waals surface area contributed by atoms with Crippen molar-refractivity contribution in [2.24, 2.45) is 0 Å². The summed E-state index contributed by atoms with van der Waals surface area (Å²) in [6, 6.07) is 12.1. The van der Waals surface area contributed by atoms with Gasteiger partial charge in [0.15, 0.2) is 0 Å². The predicted octanol–water partition coefficient (Wildman–Crippen LogP) is 3.89. The highest BCUT2D eigenvalue weighted by Crippen LogP contribution is 2.22. The Morgan fingerprint density at radius 2 is 2.05 bits per heavy atom. The molecule has 0 saturated carbocycles. The number of nitrogens with one attached hydrogen (secondary N) is 1. The molecule has 98 valence electrons. The molecule has 2 aromatic rings.